The van der Waals surface area contributed by atoms with Gasteiger partial charge in [-0.2, -0.15) is 0 Å². The van der Waals surface area contributed by atoms with E-state index in [-0.39, 0.29) is 0 Å². The van der Waals surface area contributed by atoms with Crippen molar-refractivity contribution in [1.82, 2.24) is 9.80 Å². The molecule has 0 aromatic carbocycles. The Hall–Kier alpha value is -0.0800. The molecule has 0 bridgehead atoms. The summed E-state index contributed by atoms with van der Waals surface area (Å²) >= 11 is 0. The molecule has 0 aliphatic carbocycles. The number of rotatable bonds is 2. The highest BCUT2D eigenvalue weighted by Gasteiger charge is 2.45. The first-order valence-corrected chi connectivity index (χ1v) is 6.17. The Kier molecular flexibility index (Phi) is 2.85. The highest BCUT2D eigenvalue weighted by molar-refractivity contribution is 5.02. The molecule has 2 nitrogen and oxygen atoms in total. The van der Waals surface area contributed by atoms with Gasteiger partial charge in [0, 0.05) is 24.7 Å². The third-order valence-electron chi connectivity index (χ3n) is 4.21. The van der Waals surface area contributed by atoms with Crippen LogP contribution in [0.4, 0.5) is 0 Å². The summed E-state index contributed by atoms with van der Waals surface area (Å²) in [4.78, 5) is 5.36. The fourth-order valence-electron chi connectivity index (χ4n) is 3.28. The Morgan fingerprint density at radius 1 is 1.21 bits per heavy atom. The second-order valence-electron chi connectivity index (χ2n) is 5.22. The van der Waals surface area contributed by atoms with Gasteiger partial charge < -0.3 is 0 Å². The van der Waals surface area contributed by atoms with E-state index in [0.717, 1.165) is 6.04 Å². The smallest absolute Gasteiger partial charge is 0.0349 e. The standard InChI is InChI=1S/C12H24N2/c1-4-14-8-5-6-12(14)7-9-13(10-12)11(2)3/h11H,4-10H2,1-3H3. The van der Waals surface area contributed by atoms with Gasteiger partial charge in [-0.1, -0.05) is 6.92 Å². The molecule has 2 heteroatoms. The van der Waals surface area contributed by atoms with Gasteiger partial charge in [-0.05, 0) is 46.2 Å². The van der Waals surface area contributed by atoms with Crippen molar-refractivity contribution < 1.29 is 0 Å². The van der Waals surface area contributed by atoms with Crippen LogP contribution in [0.3, 0.4) is 0 Å². The lowest BCUT2D eigenvalue weighted by Crippen LogP contribution is -2.46. The fourth-order valence-corrected chi connectivity index (χ4v) is 3.28. The predicted octanol–water partition coefficient (Wildman–Crippen LogP) is 1.96. The molecule has 2 heterocycles. The van der Waals surface area contributed by atoms with Crippen molar-refractivity contribution in [2.75, 3.05) is 26.2 Å². The van der Waals surface area contributed by atoms with Crippen molar-refractivity contribution in [3.8, 4) is 0 Å². The topological polar surface area (TPSA) is 6.48 Å². The second kappa shape index (κ2) is 3.82. The zero-order valence-corrected chi connectivity index (χ0v) is 9.92. The number of likely N-dealkylation sites (tertiary alicyclic amines) is 2. The Morgan fingerprint density at radius 3 is 2.57 bits per heavy atom. The maximum atomic E-state index is 2.72. The minimum absolute atomic E-state index is 0.568. The fraction of sp³-hybridized carbons (Fsp3) is 1.00. The van der Waals surface area contributed by atoms with Crippen molar-refractivity contribution >= 4 is 0 Å². The largest absolute Gasteiger partial charge is 0.299 e. The molecule has 1 atom stereocenters. The Morgan fingerprint density at radius 2 is 2.00 bits per heavy atom. The summed E-state index contributed by atoms with van der Waals surface area (Å²) in [6, 6.07) is 0.730. The van der Waals surface area contributed by atoms with Crippen LogP contribution in [0.2, 0.25) is 0 Å². The normalized spacial score (nSPS) is 35.1. The molecule has 0 aromatic rings. The highest BCUT2D eigenvalue weighted by Crippen LogP contribution is 2.37. The zero-order chi connectivity index (χ0) is 10.2. The van der Waals surface area contributed by atoms with Crippen LogP contribution in [0.25, 0.3) is 0 Å². The van der Waals surface area contributed by atoms with Gasteiger partial charge >= 0.3 is 0 Å². The van der Waals surface area contributed by atoms with Crippen LogP contribution >= 0.6 is 0 Å². The molecule has 2 fully saturated rings. The monoisotopic (exact) mass is 196 g/mol. The molecule has 2 saturated heterocycles. The molecule has 2 aliphatic rings. The summed E-state index contributed by atoms with van der Waals surface area (Å²) in [5.74, 6) is 0. The van der Waals surface area contributed by atoms with Gasteiger partial charge in [0.05, 0.1) is 0 Å². The van der Waals surface area contributed by atoms with Crippen molar-refractivity contribution in [3.05, 3.63) is 0 Å². The van der Waals surface area contributed by atoms with E-state index < -0.39 is 0 Å². The summed E-state index contributed by atoms with van der Waals surface area (Å²) in [5.41, 5.74) is 0.568. The zero-order valence-electron chi connectivity index (χ0n) is 9.92. The molecule has 0 N–H and O–H groups in total. The molecule has 1 unspecified atom stereocenters. The average Bonchev–Trinajstić information content (AvgIpc) is 2.74. The molecule has 0 saturated carbocycles. The lowest BCUT2D eigenvalue weighted by molar-refractivity contribution is 0.139. The molecule has 2 rings (SSSR count). The average molecular weight is 196 g/mol. The molecular weight excluding hydrogens is 172 g/mol. The van der Waals surface area contributed by atoms with E-state index in [9.17, 15) is 0 Å². The molecule has 0 amide bonds. The van der Waals surface area contributed by atoms with E-state index in [1.165, 1.54) is 45.4 Å². The first-order valence-electron chi connectivity index (χ1n) is 6.17. The Bertz CT molecular complexity index is 202. The van der Waals surface area contributed by atoms with E-state index in [2.05, 4.69) is 30.6 Å². The summed E-state index contributed by atoms with van der Waals surface area (Å²) in [6.07, 6.45) is 4.25. The van der Waals surface area contributed by atoms with Crippen LogP contribution in [0.15, 0.2) is 0 Å². The van der Waals surface area contributed by atoms with Crippen LogP contribution in [0.1, 0.15) is 40.0 Å². The Labute approximate surface area is 88.3 Å². The first kappa shape index (κ1) is 10.4. The Balaban J connectivity index is 2.04. The molecule has 1 spiro atoms. The lowest BCUT2D eigenvalue weighted by atomic mass is 9.95. The van der Waals surface area contributed by atoms with Crippen LogP contribution in [0.5, 0.6) is 0 Å². The van der Waals surface area contributed by atoms with Gasteiger partial charge in [0.25, 0.3) is 0 Å². The van der Waals surface area contributed by atoms with E-state index in [0.29, 0.717) is 5.54 Å². The quantitative estimate of drug-likeness (QED) is 0.666. The van der Waals surface area contributed by atoms with Crippen molar-refractivity contribution in [2.45, 2.75) is 51.6 Å². The van der Waals surface area contributed by atoms with E-state index in [4.69, 9.17) is 0 Å². The van der Waals surface area contributed by atoms with Crippen LogP contribution in [0, 0.1) is 0 Å². The maximum Gasteiger partial charge on any atom is 0.0349 e. The van der Waals surface area contributed by atoms with Gasteiger partial charge in [-0.15, -0.1) is 0 Å². The number of hydrogen-bond donors (Lipinski definition) is 0. The number of nitrogens with zero attached hydrogens (tertiary/aromatic N) is 2. The van der Waals surface area contributed by atoms with Crippen molar-refractivity contribution in [2.24, 2.45) is 0 Å². The van der Waals surface area contributed by atoms with E-state index >= 15 is 0 Å². The minimum Gasteiger partial charge on any atom is -0.299 e. The summed E-state index contributed by atoms with van der Waals surface area (Å²) in [6.45, 7) is 12.2. The third kappa shape index (κ3) is 1.59. The summed E-state index contributed by atoms with van der Waals surface area (Å²) < 4.78 is 0. The maximum absolute atomic E-state index is 2.72. The van der Waals surface area contributed by atoms with Gasteiger partial charge in [0.1, 0.15) is 0 Å². The molecule has 82 valence electrons. The number of hydrogen-bond acceptors (Lipinski definition) is 2. The molecule has 14 heavy (non-hydrogen) atoms. The van der Waals surface area contributed by atoms with E-state index in [1.807, 2.05) is 0 Å². The van der Waals surface area contributed by atoms with Crippen molar-refractivity contribution in [1.29, 1.82) is 0 Å². The van der Waals surface area contributed by atoms with Crippen LogP contribution in [-0.4, -0.2) is 47.6 Å². The first-order chi connectivity index (χ1) is 6.68. The van der Waals surface area contributed by atoms with Crippen LogP contribution < -0.4 is 0 Å². The second-order valence-corrected chi connectivity index (χ2v) is 5.22. The minimum atomic E-state index is 0.568. The lowest BCUT2D eigenvalue weighted by Gasteiger charge is -2.35. The predicted molar refractivity (Wildman–Crippen MR) is 60.5 cm³/mol. The van der Waals surface area contributed by atoms with Gasteiger partial charge in [0.15, 0.2) is 0 Å². The van der Waals surface area contributed by atoms with Gasteiger partial charge in [0.2, 0.25) is 0 Å². The SMILES string of the molecule is CCN1CCCC12CCN(C(C)C)C2. The molecule has 0 aromatic heterocycles. The molecular formula is C12H24N2. The van der Waals surface area contributed by atoms with Gasteiger partial charge in [-0.25, -0.2) is 0 Å². The van der Waals surface area contributed by atoms with Crippen molar-refractivity contribution in [3.63, 3.8) is 0 Å². The van der Waals surface area contributed by atoms with E-state index in [1.54, 1.807) is 0 Å². The molecule has 2 aliphatic heterocycles. The summed E-state index contributed by atoms with van der Waals surface area (Å²) in [5, 5.41) is 0. The third-order valence-corrected chi connectivity index (χ3v) is 4.21. The van der Waals surface area contributed by atoms with Crippen LogP contribution in [-0.2, 0) is 0 Å². The summed E-state index contributed by atoms with van der Waals surface area (Å²) in [7, 11) is 0. The highest BCUT2D eigenvalue weighted by atomic mass is 15.3. The van der Waals surface area contributed by atoms with Gasteiger partial charge in [-0.3, -0.25) is 9.80 Å². The number of likely N-dealkylation sites (N-methyl/N-ethyl adjacent to an activating group) is 1. The molecule has 0 radical (unpaired) electrons.